The molecule has 0 unspecified atom stereocenters. The van der Waals surface area contributed by atoms with Gasteiger partial charge in [-0.15, -0.1) is 0 Å². The van der Waals surface area contributed by atoms with Crippen molar-refractivity contribution in [2.75, 3.05) is 18.9 Å². The summed E-state index contributed by atoms with van der Waals surface area (Å²) < 4.78 is 0. The second-order valence-electron chi connectivity index (χ2n) is 6.21. The van der Waals surface area contributed by atoms with E-state index in [-0.39, 0.29) is 24.8 Å². The Balaban J connectivity index is 1.66. The van der Waals surface area contributed by atoms with Gasteiger partial charge in [-0.3, -0.25) is 9.59 Å². The maximum Gasteiger partial charge on any atom is 0.244 e. The van der Waals surface area contributed by atoms with Gasteiger partial charge in [-0.1, -0.05) is 71.7 Å². The first kappa shape index (κ1) is 19.2. The van der Waals surface area contributed by atoms with E-state index in [1.807, 2.05) is 42.5 Å². The molecule has 0 saturated heterocycles. The van der Waals surface area contributed by atoms with Crippen molar-refractivity contribution in [2.45, 2.75) is 6.42 Å². The maximum atomic E-state index is 12.6. The Morgan fingerprint density at radius 3 is 2.30 bits per heavy atom. The molecule has 1 N–H and O–H groups in total. The molecule has 4 nitrogen and oxygen atoms in total. The fourth-order valence-corrected chi connectivity index (χ4v) is 3.34. The summed E-state index contributed by atoms with van der Waals surface area (Å²) in [5, 5.41) is 5.47. The largest absolute Gasteiger partial charge is 0.336 e. The quantitative estimate of drug-likeness (QED) is 0.669. The van der Waals surface area contributed by atoms with Crippen LogP contribution in [0.2, 0.25) is 10.0 Å². The lowest BCUT2D eigenvalue weighted by Gasteiger charge is -2.18. The fourth-order valence-electron chi connectivity index (χ4n) is 2.84. The molecule has 0 atom stereocenters. The highest BCUT2D eigenvalue weighted by Gasteiger charge is 2.16. The molecule has 27 heavy (non-hydrogen) atoms. The van der Waals surface area contributed by atoms with E-state index in [4.69, 9.17) is 23.2 Å². The minimum atomic E-state index is -0.362. The maximum absolute atomic E-state index is 12.6. The molecule has 0 radical (unpaired) electrons. The molecule has 0 saturated carbocycles. The van der Waals surface area contributed by atoms with Gasteiger partial charge in [-0.25, -0.2) is 0 Å². The van der Waals surface area contributed by atoms with Crippen molar-refractivity contribution in [3.05, 3.63) is 76.3 Å². The first-order valence-corrected chi connectivity index (χ1v) is 9.16. The van der Waals surface area contributed by atoms with Gasteiger partial charge in [0.25, 0.3) is 0 Å². The van der Waals surface area contributed by atoms with Gasteiger partial charge in [-0.05, 0) is 28.5 Å². The zero-order chi connectivity index (χ0) is 19.4. The van der Waals surface area contributed by atoms with Crippen LogP contribution >= 0.6 is 23.2 Å². The van der Waals surface area contributed by atoms with E-state index in [2.05, 4.69) is 5.32 Å². The van der Waals surface area contributed by atoms with Gasteiger partial charge in [-0.2, -0.15) is 0 Å². The predicted molar refractivity (Wildman–Crippen MR) is 110 cm³/mol. The minimum absolute atomic E-state index is 0.0921. The number of halogens is 2. The van der Waals surface area contributed by atoms with Crippen LogP contribution in [0.1, 0.15) is 5.56 Å². The average molecular weight is 401 g/mol. The summed E-state index contributed by atoms with van der Waals surface area (Å²) in [6.45, 7) is -0.0921. The van der Waals surface area contributed by atoms with Gasteiger partial charge >= 0.3 is 0 Å². The molecule has 2 amide bonds. The lowest BCUT2D eigenvalue weighted by molar-refractivity contribution is -0.132. The van der Waals surface area contributed by atoms with Crippen LogP contribution in [0.5, 0.6) is 0 Å². The zero-order valence-electron chi connectivity index (χ0n) is 14.7. The topological polar surface area (TPSA) is 49.4 Å². The molecule has 0 aliphatic heterocycles. The van der Waals surface area contributed by atoms with E-state index < -0.39 is 0 Å². The van der Waals surface area contributed by atoms with E-state index in [0.717, 1.165) is 16.3 Å². The Bertz CT molecular complexity index is 979. The predicted octanol–water partition coefficient (Wildman–Crippen LogP) is 4.79. The molecule has 0 aliphatic rings. The summed E-state index contributed by atoms with van der Waals surface area (Å²) in [6, 6.07) is 18.7. The van der Waals surface area contributed by atoms with Crippen molar-refractivity contribution in [2.24, 2.45) is 0 Å². The van der Waals surface area contributed by atoms with Crippen LogP contribution in [0.25, 0.3) is 10.8 Å². The number of amides is 2. The first-order valence-electron chi connectivity index (χ1n) is 8.40. The average Bonchev–Trinajstić information content (AvgIpc) is 2.65. The highest BCUT2D eigenvalue weighted by atomic mass is 35.5. The summed E-state index contributed by atoms with van der Waals surface area (Å²) >= 11 is 12.1. The number of nitrogens with zero attached hydrogens (tertiary/aromatic N) is 1. The number of rotatable bonds is 5. The molecular formula is C21H18Cl2N2O2. The van der Waals surface area contributed by atoms with Crippen LogP contribution in [0.4, 0.5) is 5.69 Å². The van der Waals surface area contributed by atoms with Gasteiger partial charge < -0.3 is 10.2 Å². The van der Waals surface area contributed by atoms with Gasteiger partial charge in [0.2, 0.25) is 11.8 Å². The van der Waals surface area contributed by atoms with E-state index in [0.29, 0.717) is 15.7 Å². The Morgan fingerprint density at radius 1 is 0.926 bits per heavy atom. The van der Waals surface area contributed by atoms with Crippen molar-refractivity contribution < 1.29 is 9.59 Å². The number of hydrogen-bond acceptors (Lipinski definition) is 2. The normalized spacial score (nSPS) is 10.6. The van der Waals surface area contributed by atoms with Crippen LogP contribution in [-0.4, -0.2) is 30.3 Å². The van der Waals surface area contributed by atoms with Crippen molar-refractivity contribution in [1.82, 2.24) is 4.90 Å². The smallest absolute Gasteiger partial charge is 0.244 e. The minimum Gasteiger partial charge on any atom is -0.336 e. The lowest BCUT2D eigenvalue weighted by atomic mass is 10.0. The number of nitrogens with one attached hydrogen (secondary N) is 1. The zero-order valence-corrected chi connectivity index (χ0v) is 16.2. The summed E-state index contributed by atoms with van der Waals surface area (Å²) in [4.78, 5) is 26.2. The third-order valence-electron chi connectivity index (χ3n) is 4.26. The van der Waals surface area contributed by atoms with Crippen LogP contribution in [-0.2, 0) is 16.0 Å². The number of carbonyl (C=O) groups excluding carboxylic acids is 2. The molecule has 0 bridgehead atoms. The van der Waals surface area contributed by atoms with E-state index in [9.17, 15) is 9.59 Å². The molecule has 6 heteroatoms. The number of fused-ring (bicyclic) bond motifs is 1. The summed E-state index contributed by atoms with van der Waals surface area (Å²) in [5.74, 6) is -0.509. The number of anilines is 1. The van der Waals surface area contributed by atoms with Gasteiger partial charge in [0.1, 0.15) is 0 Å². The Labute approximate surface area is 167 Å². The van der Waals surface area contributed by atoms with Crippen LogP contribution < -0.4 is 5.32 Å². The van der Waals surface area contributed by atoms with Crippen LogP contribution in [0.15, 0.2) is 60.7 Å². The number of carbonyl (C=O) groups is 2. The van der Waals surface area contributed by atoms with Crippen molar-refractivity contribution >= 4 is 51.5 Å². The monoisotopic (exact) mass is 400 g/mol. The molecule has 0 fully saturated rings. The van der Waals surface area contributed by atoms with Crippen molar-refractivity contribution in [1.29, 1.82) is 0 Å². The molecule has 3 aromatic carbocycles. The molecule has 3 aromatic rings. The summed E-state index contributed by atoms with van der Waals surface area (Å²) in [7, 11) is 1.60. The standard InChI is InChI=1S/C21H18Cl2N2O2/c1-25(13-19(26)24-21-17(22)10-5-11-18(21)23)20(27)12-15-8-4-7-14-6-2-3-9-16(14)15/h2-11H,12-13H2,1H3,(H,24,26). The van der Waals surface area contributed by atoms with E-state index in [1.165, 1.54) is 4.90 Å². The first-order chi connectivity index (χ1) is 13.0. The highest BCUT2D eigenvalue weighted by molar-refractivity contribution is 6.39. The SMILES string of the molecule is CN(CC(=O)Nc1c(Cl)cccc1Cl)C(=O)Cc1cccc2ccccc12. The molecular weight excluding hydrogens is 383 g/mol. The number of benzene rings is 3. The number of likely N-dealkylation sites (N-methyl/N-ethyl adjacent to an activating group) is 1. The van der Waals surface area contributed by atoms with Crippen molar-refractivity contribution in [3.8, 4) is 0 Å². The molecule has 138 valence electrons. The fraction of sp³-hybridized carbons (Fsp3) is 0.143. The molecule has 0 heterocycles. The second-order valence-corrected chi connectivity index (χ2v) is 7.02. The van der Waals surface area contributed by atoms with Crippen molar-refractivity contribution in [3.63, 3.8) is 0 Å². The Morgan fingerprint density at radius 2 is 1.56 bits per heavy atom. The van der Waals surface area contributed by atoms with Gasteiger partial charge in [0, 0.05) is 7.05 Å². The molecule has 0 aromatic heterocycles. The number of hydrogen-bond donors (Lipinski definition) is 1. The molecule has 0 aliphatic carbocycles. The van der Waals surface area contributed by atoms with E-state index >= 15 is 0 Å². The molecule has 3 rings (SSSR count). The van der Waals surface area contributed by atoms with Gasteiger partial charge in [0.05, 0.1) is 28.7 Å². The number of para-hydroxylation sites is 1. The Kier molecular flexibility index (Phi) is 5.99. The molecule has 0 spiro atoms. The van der Waals surface area contributed by atoms with E-state index in [1.54, 1.807) is 25.2 Å². The van der Waals surface area contributed by atoms with Crippen LogP contribution in [0, 0.1) is 0 Å². The third-order valence-corrected chi connectivity index (χ3v) is 4.89. The summed E-state index contributed by atoms with van der Waals surface area (Å²) in [6.07, 6.45) is 0.220. The van der Waals surface area contributed by atoms with Gasteiger partial charge in [0.15, 0.2) is 0 Å². The Hall–Kier alpha value is -2.56. The lowest BCUT2D eigenvalue weighted by Crippen LogP contribution is -2.35. The summed E-state index contributed by atoms with van der Waals surface area (Å²) in [5.41, 5.74) is 1.28. The highest BCUT2D eigenvalue weighted by Crippen LogP contribution is 2.29. The third kappa shape index (κ3) is 4.59. The second kappa shape index (κ2) is 8.42. The van der Waals surface area contributed by atoms with Crippen LogP contribution in [0.3, 0.4) is 0 Å².